The zero-order chi connectivity index (χ0) is 8.81. The first kappa shape index (κ1) is 9.47. The van der Waals surface area contributed by atoms with E-state index in [2.05, 4.69) is 14.9 Å². The average Bonchev–Trinajstić information content (AvgIpc) is 2.57. The first-order chi connectivity index (χ1) is 5.83. The Kier molecular flexibility index (Phi) is 4.02. The molecule has 0 atom stereocenters. The highest BCUT2D eigenvalue weighted by atomic mass is 32.2. The van der Waals surface area contributed by atoms with Gasteiger partial charge < -0.3 is 4.74 Å². The maximum atomic E-state index is 10.7. The van der Waals surface area contributed by atoms with Crippen molar-refractivity contribution in [3.05, 3.63) is 5.51 Å². The van der Waals surface area contributed by atoms with Crippen LogP contribution >= 0.6 is 23.1 Å². The van der Waals surface area contributed by atoms with E-state index in [-0.39, 0.29) is 5.97 Å². The molecule has 1 heterocycles. The fraction of sp³-hybridized carbons (Fsp3) is 0.500. The van der Waals surface area contributed by atoms with Crippen LogP contribution in [0.1, 0.15) is 6.42 Å². The Balaban J connectivity index is 2.15. The normalized spacial score (nSPS) is 9.75. The minimum atomic E-state index is -0.188. The predicted molar refractivity (Wildman–Crippen MR) is 47.3 cm³/mol. The van der Waals surface area contributed by atoms with Crippen molar-refractivity contribution >= 4 is 29.1 Å². The Labute approximate surface area is 78.3 Å². The number of esters is 1. The van der Waals surface area contributed by atoms with Gasteiger partial charge in [0.25, 0.3) is 0 Å². The summed E-state index contributed by atoms with van der Waals surface area (Å²) >= 11 is 2.99. The molecule has 0 spiro atoms. The SMILES string of the molecule is COC(=O)CCSc1nncs1. The molecule has 0 saturated carbocycles. The van der Waals surface area contributed by atoms with Gasteiger partial charge in [0.15, 0.2) is 4.34 Å². The third kappa shape index (κ3) is 3.19. The van der Waals surface area contributed by atoms with E-state index in [0.717, 1.165) is 4.34 Å². The second-order valence-electron chi connectivity index (χ2n) is 1.88. The van der Waals surface area contributed by atoms with Crippen molar-refractivity contribution in [3.63, 3.8) is 0 Å². The predicted octanol–water partition coefficient (Wildman–Crippen LogP) is 1.19. The Morgan fingerprint density at radius 3 is 3.25 bits per heavy atom. The Bertz CT molecular complexity index is 238. The van der Waals surface area contributed by atoms with E-state index >= 15 is 0 Å². The lowest BCUT2D eigenvalue weighted by atomic mass is 10.5. The summed E-state index contributed by atoms with van der Waals surface area (Å²) in [6.45, 7) is 0. The average molecular weight is 204 g/mol. The third-order valence-corrected chi connectivity index (χ3v) is 2.96. The zero-order valence-electron chi connectivity index (χ0n) is 6.52. The molecule has 0 unspecified atom stereocenters. The van der Waals surface area contributed by atoms with Gasteiger partial charge in [0.05, 0.1) is 13.5 Å². The van der Waals surface area contributed by atoms with Gasteiger partial charge in [-0.2, -0.15) is 0 Å². The van der Waals surface area contributed by atoms with Gasteiger partial charge in [-0.25, -0.2) is 0 Å². The topological polar surface area (TPSA) is 52.1 Å². The second kappa shape index (κ2) is 5.10. The molecular weight excluding hydrogens is 196 g/mol. The summed E-state index contributed by atoms with van der Waals surface area (Å²) in [5.41, 5.74) is 1.67. The number of rotatable bonds is 4. The Hall–Kier alpha value is -0.620. The number of thioether (sulfide) groups is 1. The van der Waals surface area contributed by atoms with E-state index in [1.807, 2.05) is 0 Å². The van der Waals surface area contributed by atoms with E-state index in [4.69, 9.17) is 0 Å². The van der Waals surface area contributed by atoms with Gasteiger partial charge in [0, 0.05) is 5.75 Å². The highest BCUT2D eigenvalue weighted by molar-refractivity contribution is 8.01. The van der Waals surface area contributed by atoms with Crippen molar-refractivity contribution in [2.75, 3.05) is 12.9 Å². The van der Waals surface area contributed by atoms with Crippen LogP contribution in [0.4, 0.5) is 0 Å². The molecule has 12 heavy (non-hydrogen) atoms. The van der Waals surface area contributed by atoms with Crippen LogP contribution in [0.3, 0.4) is 0 Å². The van der Waals surface area contributed by atoms with Crippen molar-refractivity contribution in [3.8, 4) is 0 Å². The zero-order valence-corrected chi connectivity index (χ0v) is 8.15. The van der Waals surface area contributed by atoms with Crippen LogP contribution < -0.4 is 0 Å². The minimum absolute atomic E-state index is 0.188. The molecule has 6 heteroatoms. The van der Waals surface area contributed by atoms with E-state index in [9.17, 15) is 4.79 Å². The molecule has 0 bridgehead atoms. The molecule has 0 amide bonds. The molecular formula is C6H8N2O2S2. The summed E-state index contributed by atoms with van der Waals surface area (Å²) in [5, 5.41) is 7.49. The van der Waals surface area contributed by atoms with Gasteiger partial charge in [0.1, 0.15) is 5.51 Å². The monoisotopic (exact) mass is 204 g/mol. The number of ether oxygens (including phenoxy) is 1. The maximum absolute atomic E-state index is 10.7. The fourth-order valence-electron chi connectivity index (χ4n) is 0.550. The molecule has 4 nitrogen and oxygen atoms in total. The maximum Gasteiger partial charge on any atom is 0.306 e. The Morgan fingerprint density at radius 1 is 1.83 bits per heavy atom. The number of carbonyl (C=O) groups is 1. The molecule has 0 aliphatic rings. The fourth-order valence-corrected chi connectivity index (χ4v) is 2.03. The molecule has 1 rings (SSSR count). The molecule has 1 aromatic heterocycles. The minimum Gasteiger partial charge on any atom is -0.469 e. The molecule has 0 aliphatic heterocycles. The van der Waals surface area contributed by atoms with Crippen LogP contribution in [0.15, 0.2) is 9.85 Å². The smallest absolute Gasteiger partial charge is 0.306 e. The summed E-state index contributed by atoms with van der Waals surface area (Å²) in [4.78, 5) is 10.7. The highest BCUT2D eigenvalue weighted by Crippen LogP contribution is 2.19. The van der Waals surface area contributed by atoms with Gasteiger partial charge in [-0.15, -0.1) is 10.2 Å². The van der Waals surface area contributed by atoms with Gasteiger partial charge >= 0.3 is 5.97 Å². The molecule has 1 aromatic rings. The van der Waals surface area contributed by atoms with Crippen LogP contribution in [0.25, 0.3) is 0 Å². The van der Waals surface area contributed by atoms with E-state index < -0.39 is 0 Å². The third-order valence-electron chi connectivity index (χ3n) is 1.10. The van der Waals surface area contributed by atoms with Crippen LogP contribution in [0.5, 0.6) is 0 Å². The quantitative estimate of drug-likeness (QED) is 0.544. The number of nitrogens with zero attached hydrogens (tertiary/aromatic N) is 2. The van der Waals surface area contributed by atoms with Crippen LogP contribution in [0, 0.1) is 0 Å². The highest BCUT2D eigenvalue weighted by Gasteiger charge is 2.02. The van der Waals surface area contributed by atoms with Gasteiger partial charge in [-0.05, 0) is 0 Å². The van der Waals surface area contributed by atoms with Crippen molar-refractivity contribution in [1.82, 2.24) is 10.2 Å². The summed E-state index contributed by atoms with van der Waals surface area (Å²) in [6, 6.07) is 0. The molecule has 0 aliphatic carbocycles. The first-order valence-electron chi connectivity index (χ1n) is 3.28. The van der Waals surface area contributed by atoms with Crippen molar-refractivity contribution < 1.29 is 9.53 Å². The van der Waals surface area contributed by atoms with Gasteiger partial charge in [0.2, 0.25) is 0 Å². The number of methoxy groups -OCH3 is 1. The summed E-state index contributed by atoms with van der Waals surface area (Å²) < 4.78 is 5.37. The molecule has 66 valence electrons. The lowest BCUT2D eigenvalue weighted by molar-refractivity contribution is -0.140. The molecule has 0 N–H and O–H groups in total. The van der Waals surface area contributed by atoms with Crippen molar-refractivity contribution in [2.24, 2.45) is 0 Å². The van der Waals surface area contributed by atoms with E-state index in [1.54, 1.807) is 5.51 Å². The van der Waals surface area contributed by atoms with Crippen molar-refractivity contribution in [2.45, 2.75) is 10.8 Å². The number of aromatic nitrogens is 2. The van der Waals surface area contributed by atoms with Gasteiger partial charge in [-0.1, -0.05) is 23.1 Å². The number of hydrogen-bond donors (Lipinski definition) is 0. The van der Waals surface area contributed by atoms with Crippen LogP contribution in [-0.4, -0.2) is 29.0 Å². The summed E-state index contributed by atoms with van der Waals surface area (Å²) in [7, 11) is 1.39. The molecule has 0 fully saturated rings. The van der Waals surface area contributed by atoms with Crippen molar-refractivity contribution in [1.29, 1.82) is 0 Å². The lowest BCUT2D eigenvalue weighted by Gasteiger charge is -1.95. The molecule has 0 saturated heterocycles. The van der Waals surface area contributed by atoms with E-state index in [1.165, 1.54) is 30.2 Å². The second-order valence-corrected chi connectivity index (χ2v) is 4.05. The summed E-state index contributed by atoms with van der Waals surface area (Å²) in [5.74, 6) is 0.508. The molecule has 0 aromatic carbocycles. The van der Waals surface area contributed by atoms with Gasteiger partial charge in [-0.3, -0.25) is 4.79 Å². The van der Waals surface area contributed by atoms with E-state index in [0.29, 0.717) is 12.2 Å². The largest absolute Gasteiger partial charge is 0.469 e. The summed E-state index contributed by atoms with van der Waals surface area (Å²) in [6.07, 6.45) is 0.417. The van der Waals surface area contributed by atoms with Crippen LogP contribution in [0.2, 0.25) is 0 Å². The number of hydrogen-bond acceptors (Lipinski definition) is 6. The van der Waals surface area contributed by atoms with Crippen LogP contribution in [-0.2, 0) is 9.53 Å². The first-order valence-corrected chi connectivity index (χ1v) is 5.15. The Morgan fingerprint density at radius 2 is 2.67 bits per heavy atom. The standard InChI is InChI=1S/C6H8N2O2S2/c1-10-5(9)2-3-11-6-8-7-4-12-6/h4H,2-3H2,1H3. The molecule has 0 radical (unpaired) electrons. The lowest BCUT2D eigenvalue weighted by Crippen LogP contribution is -2.00. The number of carbonyl (C=O) groups excluding carboxylic acids is 1.